The number of nitro groups is 2. The van der Waals surface area contributed by atoms with Crippen molar-refractivity contribution in [2.75, 3.05) is 34.4 Å². The molecule has 0 saturated carbocycles. The molecule has 2 aromatic rings. The Hall–Kier alpha value is -6.08. The number of hydrogen-bond donors (Lipinski definition) is 2. The van der Waals surface area contributed by atoms with Gasteiger partial charge in [-0.15, -0.1) is 26.3 Å². The zero-order valence-electron chi connectivity index (χ0n) is 34.4. The number of methoxy groups -OCH3 is 3. The van der Waals surface area contributed by atoms with Crippen LogP contribution in [0, 0.1) is 20.2 Å². The molecule has 26 heteroatoms. The number of nitrogens with one attached hydrogen (secondary N) is 1. The summed E-state index contributed by atoms with van der Waals surface area (Å²) >= 11 is 11.9. The van der Waals surface area contributed by atoms with E-state index in [2.05, 4.69) is 55.0 Å². The van der Waals surface area contributed by atoms with Crippen LogP contribution in [0.2, 0.25) is 10.0 Å². The predicted octanol–water partition coefficient (Wildman–Crippen LogP) is 6.38. The number of nitro benzene ring substituents is 2. The molecule has 0 bridgehead atoms. The van der Waals surface area contributed by atoms with Gasteiger partial charge in [0, 0.05) is 44.4 Å². The summed E-state index contributed by atoms with van der Waals surface area (Å²) in [4.78, 5) is 57.4. The van der Waals surface area contributed by atoms with Crippen molar-refractivity contribution in [1.82, 2.24) is 5.32 Å². The van der Waals surface area contributed by atoms with Crippen LogP contribution in [0.5, 0.6) is 11.5 Å². The van der Waals surface area contributed by atoms with E-state index in [1.165, 1.54) is 56.7 Å². The number of amidine groups is 1. The van der Waals surface area contributed by atoms with E-state index in [0.717, 1.165) is 19.7 Å². The maximum atomic E-state index is 11.9. The Morgan fingerprint density at radius 1 is 0.797 bits per heavy atom. The van der Waals surface area contributed by atoms with Gasteiger partial charge >= 0.3 is 33.5 Å². The Labute approximate surface area is 375 Å². The Bertz CT molecular complexity index is 2090. The lowest BCUT2D eigenvalue weighted by molar-refractivity contribution is -0.384. The Balaban J connectivity index is 0.000000855. The van der Waals surface area contributed by atoms with E-state index in [0.29, 0.717) is 18.8 Å². The lowest BCUT2D eigenvalue weighted by Crippen LogP contribution is -2.35. The highest BCUT2D eigenvalue weighted by Gasteiger charge is 2.49. The Morgan fingerprint density at radius 2 is 1.23 bits per heavy atom. The van der Waals surface area contributed by atoms with Crippen LogP contribution in [0.3, 0.4) is 0 Å². The normalized spacial score (nSPS) is 13.4. The molecule has 0 saturated heterocycles. The number of ether oxygens (including phenoxy) is 5. The highest BCUT2D eigenvalue weighted by Crippen LogP contribution is 2.35. The van der Waals surface area contributed by atoms with Gasteiger partial charge in [0.25, 0.3) is 11.4 Å². The van der Waals surface area contributed by atoms with Crippen LogP contribution >= 0.6 is 23.2 Å². The summed E-state index contributed by atoms with van der Waals surface area (Å²) in [5.74, 6) is -1.42. The summed E-state index contributed by atoms with van der Waals surface area (Å²) in [6, 6.07) is 8.57. The molecule has 0 amide bonds. The highest BCUT2D eigenvalue weighted by atomic mass is 35.5. The number of alkyl halides is 3. The molecule has 0 aromatic heterocycles. The fraction of sp³-hybridized carbons (Fsp3) is 0.368. The molecule has 20 nitrogen and oxygen atoms in total. The van der Waals surface area contributed by atoms with E-state index < -0.39 is 68.1 Å². The Morgan fingerprint density at radius 3 is 1.62 bits per heavy atom. The molecule has 0 spiro atoms. The van der Waals surface area contributed by atoms with Gasteiger partial charge in [-0.2, -0.15) is 21.6 Å². The molecule has 1 aliphatic heterocycles. The molecule has 4 unspecified atom stereocenters. The largest absolute Gasteiger partial charge is 0.523 e. The van der Waals surface area contributed by atoms with Crippen molar-refractivity contribution in [3.8, 4) is 11.5 Å². The summed E-state index contributed by atoms with van der Waals surface area (Å²) in [6.45, 7) is 15.1. The van der Waals surface area contributed by atoms with Crippen molar-refractivity contribution in [3.63, 3.8) is 0 Å². The van der Waals surface area contributed by atoms with Crippen molar-refractivity contribution in [2.24, 2.45) is 4.99 Å². The van der Waals surface area contributed by atoms with Gasteiger partial charge in [-0.3, -0.25) is 25.2 Å². The van der Waals surface area contributed by atoms with E-state index in [-0.39, 0.29) is 51.9 Å². The summed E-state index contributed by atoms with van der Waals surface area (Å²) in [5.41, 5.74) is -6.05. The van der Waals surface area contributed by atoms with Gasteiger partial charge in [0.1, 0.15) is 17.3 Å². The SMILES string of the molecule is C=CCC(O)C(=O)OC.C=CCC(OS(=O)(=O)C(F)(F)F)C(=O)OC.C=CCC(Oc1cccc([N+](=O)[O-])c1Cl)C(=O)OC.C=CCC(Oc1cccc([N+](=O)[O-])c1Cl)C1=NCCN1. The standard InChI is InChI=1S/C13H14ClN3O3.C12H12ClNO5.C7H9F3O5S.C6H10O3/c1-2-4-11(13-15-7-8-16-13)20-10-6-3-5-9(12(10)14)17(18)19;1-3-5-10(12(15)18-2)19-9-7-4-6-8(11(9)13)14(16)17;1-3-4-5(6(11)14-2)15-16(12,13)7(8,9)10;1-3-4-5(7)6(8)9-2/h2-3,5-6,11H,1,4,7-8H2,(H,15,16);3-4,6-7,10H,1,5H2,2H3;3,5H,1,4H2,2H3;3,5,7H,1,4H2,2H3. The quantitative estimate of drug-likeness (QED) is 0.0277. The van der Waals surface area contributed by atoms with Gasteiger partial charge < -0.3 is 34.1 Å². The maximum Gasteiger partial charge on any atom is 0.523 e. The number of aliphatic imine (C=N–C) groups is 1. The molecular weight excluding hydrogens is 928 g/mol. The Kier molecular flexibility index (Phi) is 26.5. The zero-order chi connectivity index (χ0) is 49.2. The fourth-order valence-electron chi connectivity index (χ4n) is 4.30. The average molecular weight is 974 g/mol. The van der Waals surface area contributed by atoms with Crippen LogP contribution in [0.25, 0.3) is 0 Å². The monoisotopic (exact) mass is 972 g/mol. The smallest absolute Gasteiger partial charge is 0.480 e. The molecule has 1 heterocycles. The van der Waals surface area contributed by atoms with E-state index in [1.54, 1.807) is 12.1 Å². The molecule has 3 rings (SSSR count). The van der Waals surface area contributed by atoms with Gasteiger partial charge in [-0.1, -0.05) is 59.6 Å². The summed E-state index contributed by atoms with van der Waals surface area (Å²) < 4.78 is 84.5. The van der Waals surface area contributed by atoms with Gasteiger partial charge in [0.2, 0.25) is 0 Å². The average Bonchev–Trinajstić information content (AvgIpc) is 3.79. The molecule has 0 radical (unpaired) electrons. The number of carbonyl (C=O) groups excluding carboxylic acids is 3. The first-order valence-electron chi connectivity index (χ1n) is 17.8. The number of carbonyl (C=O) groups is 3. The number of halogens is 5. The lowest BCUT2D eigenvalue weighted by Gasteiger charge is -2.18. The van der Waals surface area contributed by atoms with Crippen molar-refractivity contribution in [2.45, 2.75) is 55.6 Å². The van der Waals surface area contributed by atoms with Crippen LogP contribution in [-0.4, -0.2) is 111 Å². The minimum absolute atomic E-state index is 0.00911. The van der Waals surface area contributed by atoms with Gasteiger partial charge in [-0.05, 0) is 12.1 Å². The van der Waals surface area contributed by atoms with Crippen molar-refractivity contribution in [3.05, 3.63) is 117 Å². The topological polar surface area (TPSA) is 272 Å². The third-order valence-corrected chi connectivity index (χ3v) is 9.09. The molecular formula is C38H45Cl2F3N4O16S. The van der Waals surface area contributed by atoms with Crippen LogP contribution in [0.4, 0.5) is 24.5 Å². The molecule has 64 heavy (non-hydrogen) atoms. The molecule has 354 valence electrons. The number of hydrogen-bond acceptors (Lipinski definition) is 18. The van der Waals surface area contributed by atoms with Crippen molar-refractivity contribution in [1.29, 1.82) is 0 Å². The number of rotatable bonds is 20. The van der Waals surface area contributed by atoms with Gasteiger partial charge in [0.05, 0.1) is 37.7 Å². The number of aliphatic hydroxyl groups is 1. The van der Waals surface area contributed by atoms with E-state index in [1.807, 2.05) is 0 Å². The number of benzene rings is 2. The molecule has 2 aromatic carbocycles. The first-order chi connectivity index (χ1) is 30.0. The number of esters is 3. The second kappa shape index (κ2) is 29.3. The molecule has 1 aliphatic rings. The summed E-state index contributed by atoms with van der Waals surface area (Å²) in [5, 5.41) is 33.3. The van der Waals surface area contributed by atoms with Crippen LogP contribution in [0.15, 0.2) is 92.0 Å². The first-order valence-corrected chi connectivity index (χ1v) is 20.0. The van der Waals surface area contributed by atoms with Gasteiger partial charge in [-0.25, -0.2) is 18.6 Å². The highest BCUT2D eigenvalue weighted by molar-refractivity contribution is 7.87. The minimum Gasteiger partial charge on any atom is -0.480 e. The second-order valence-corrected chi connectivity index (χ2v) is 14.1. The fourth-order valence-corrected chi connectivity index (χ4v) is 5.35. The van der Waals surface area contributed by atoms with Crippen LogP contribution in [-0.2, 0) is 42.9 Å². The number of aliphatic hydroxyl groups excluding tert-OH is 1. The third kappa shape index (κ3) is 19.5. The predicted molar refractivity (Wildman–Crippen MR) is 227 cm³/mol. The van der Waals surface area contributed by atoms with Crippen molar-refractivity contribution < 1.29 is 78.8 Å². The molecule has 0 fully saturated rings. The molecule has 2 N–H and O–H groups in total. The molecule has 0 aliphatic carbocycles. The third-order valence-electron chi connectivity index (χ3n) is 7.28. The van der Waals surface area contributed by atoms with Crippen LogP contribution < -0.4 is 14.8 Å². The lowest BCUT2D eigenvalue weighted by atomic mass is 10.2. The number of nitrogens with zero attached hydrogens (tertiary/aromatic N) is 3. The molecule has 4 atom stereocenters. The van der Waals surface area contributed by atoms with Gasteiger partial charge in [0.15, 0.2) is 34.5 Å². The minimum atomic E-state index is -5.82. The zero-order valence-corrected chi connectivity index (χ0v) is 36.7. The van der Waals surface area contributed by atoms with E-state index in [9.17, 15) is 56.2 Å². The second-order valence-electron chi connectivity index (χ2n) is 11.8. The van der Waals surface area contributed by atoms with Crippen LogP contribution in [0.1, 0.15) is 25.7 Å². The van der Waals surface area contributed by atoms with Crippen molar-refractivity contribution >= 4 is 68.4 Å². The first kappa shape index (κ1) is 57.9. The summed E-state index contributed by atoms with van der Waals surface area (Å²) in [6.07, 6.45) is 2.00. The maximum absolute atomic E-state index is 11.9. The van der Waals surface area contributed by atoms with E-state index in [4.69, 9.17) is 37.8 Å². The summed E-state index contributed by atoms with van der Waals surface area (Å²) in [7, 11) is -2.48. The van der Waals surface area contributed by atoms with E-state index >= 15 is 0 Å².